The van der Waals surface area contributed by atoms with E-state index in [0.29, 0.717) is 34.5 Å². The summed E-state index contributed by atoms with van der Waals surface area (Å²) in [5.74, 6) is -0.545. The SMILES string of the molecule is CN(C)C1CN(c2ccc(-n3cc(C(=O)O)c(=O)c4cc(Cl)c(N5CCC[C@@H]5COc5nc(O)ccc5Cl)cc43)cn2)C1. The Kier molecular flexibility index (Phi) is 7.80. The number of halogens is 2. The molecule has 2 aliphatic rings. The zero-order valence-electron chi connectivity index (χ0n) is 23.6. The first-order valence-electron chi connectivity index (χ1n) is 13.9. The number of anilines is 2. The van der Waals surface area contributed by atoms with Gasteiger partial charge in [-0.1, -0.05) is 23.2 Å². The number of aromatic carboxylic acids is 1. The number of aromatic nitrogens is 3. The number of fused-ring (bicyclic) bond motifs is 1. The molecule has 0 unspecified atom stereocenters. The molecule has 0 radical (unpaired) electrons. The van der Waals surface area contributed by atoms with Gasteiger partial charge in [0.05, 0.1) is 34.2 Å². The van der Waals surface area contributed by atoms with Crippen molar-refractivity contribution in [2.75, 3.05) is 50.1 Å². The fourth-order valence-corrected chi connectivity index (χ4v) is 6.05. The summed E-state index contributed by atoms with van der Waals surface area (Å²) in [6.45, 7) is 2.68. The van der Waals surface area contributed by atoms with Gasteiger partial charge in [0.15, 0.2) is 0 Å². The molecule has 2 aliphatic heterocycles. The van der Waals surface area contributed by atoms with Crippen molar-refractivity contribution in [2.45, 2.75) is 24.9 Å². The average molecular weight is 626 g/mol. The lowest BCUT2D eigenvalue weighted by Crippen LogP contribution is -2.57. The summed E-state index contributed by atoms with van der Waals surface area (Å²) in [7, 11) is 4.11. The van der Waals surface area contributed by atoms with E-state index < -0.39 is 11.4 Å². The van der Waals surface area contributed by atoms with Crippen molar-refractivity contribution in [2.24, 2.45) is 0 Å². The van der Waals surface area contributed by atoms with E-state index in [1.807, 2.05) is 18.2 Å². The van der Waals surface area contributed by atoms with E-state index in [4.69, 9.17) is 27.9 Å². The van der Waals surface area contributed by atoms with E-state index >= 15 is 0 Å². The molecule has 0 saturated carbocycles. The van der Waals surface area contributed by atoms with Crippen LogP contribution in [0.4, 0.5) is 11.5 Å². The third-order valence-corrected chi connectivity index (χ3v) is 8.72. The second kappa shape index (κ2) is 11.6. The summed E-state index contributed by atoms with van der Waals surface area (Å²) in [4.78, 5) is 40.4. The average Bonchev–Trinajstić information content (AvgIpc) is 3.41. The molecular formula is C30H30Cl2N6O5. The summed E-state index contributed by atoms with van der Waals surface area (Å²) in [5, 5.41) is 20.3. The van der Waals surface area contributed by atoms with Gasteiger partial charge in [-0.05, 0) is 57.3 Å². The third-order valence-electron chi connectivity index (χ3n) is 8.13. The number of carbonyl (C=O) groups is 1. The maximum atomic E-state index is 13.2. The molecule has 1 aromatic carbocycles. The fraction of sp³-hybridized carbons (Fsp3) is 0.333. The van der Waals surface area contributed by atoms with Crippen molar-refractivity contribution < 1.29 is 19.7 Å². The minimum atomic E-state index is -1.32. The number of nitrogens with zero attached hydrogens (tertiary/aromatic N) is 6. The number of carboxylic acid groups (broad SMARTS) is 1. The van der Waals surface area contributed by atoms with Crippen LogP contribution in [0.15, 0.2) is 53.6 Å². The Labute approximate surface area is 257 Å². The molecule has 6 rings (SSSR count). The third kappa shape index (κ3) is 5.55. The minimum absolute atomic E-state index is 0.0860. The van der Waals surface area contributed by atoms with Crippen molar-refractivity contribution in [1.29, 1.82) is 0 Å². The summed E-state index contributed by atoms with van der Waals surface area (Å²) in [6.07, 6.45) is 4.71. The van der Waals surface area contributed by atoms with Crippen LogP contribution in [-0.4, -0.2) is 88.0 Å². The Balaban J connectivity index is 1.36. The van der Waals surface area contributed by atoms with Crippen LogP contribution >= 0.6 is 23.2 Å². The van der Waals surface area contributed by atoms with Gasteiger partial charge in [0.25, 0.3) is 0 Å². The van der Waals surface area contributed by atoms with Crippen LogP contribution in [0.5, 0.6) is 11.8 Å². The second-order valence-corrected chi connectivity index (χ2v) is 11.8. The quantitative estimate of drug-likeness (QED) is 0.293. The van der Waals surface area contributed by atoms with E-state index in [-0.39, 0.29) is 40.4 Å². The van der Waals surface area contributed by atoms with Gasteiger partial charge in [0, 0.05) is 43.3 Å². The van der Waals surface area contributed by atoms with Gasteiger partial charge in [0.1, 0.15) is 23.0 Å². The molecule has 224 valence electrons. The lowest BCUT2D eigenvalue weighted by Gasteiger charge is -2.43. The number of carboxylic acids is 1. The number of hydrogen-bond acceptors (Lipinski definition) is 9. The fourth-order valence-electron chi connectivity index (χ4n) is 5.61. The summed E-state index contributed by atoms with van der Waals surface area (Å²) >= 11 is 13.0. The van der Waals surface area contributed by atoms with Crippen molar-refractivity contribution >= 4 is 51.6 Å². The van der Waals surface area contributed by atoms with Crippen LogP contribution in [0.1, 0.15) is 23.2 Å². The van der Waals surface area contributed by atoms with Crippen LogP contribution in [-0.2, 0) is 0 Å². The van der Waals surface area contributed by atoms with Gasteiger partial charge in [-0.2, -0.15) is 4.98 Å². The number of benzene rings is 1. The summed E-state index contributed by atoms with van der Waals surface area (Å²) < 4.78 is 7.55. The van der Waals surface area contributed by atoms with Crippen LogP contribution < -0.4 is 20.0 Å². The molecule has 2 saturated heterocycles. The highest BCUT2D eigenvalue weighted by atomic mass is 35.5. The molecule has 2 N–H and O–H groups in total. The highest BCUT2D eigenvalue weighted by Gasteiger charge is 2.30. The predicted octanol–water partition coefficient (Wildman–Crippen LogP) is 4.29. The van der Waals surface area contributed by atoms with E-state index in [1.165, 1.54) is 24.4 Å². The highest BCUT2D eigenvalue weighted by Crippen LogP contribution is 2.36. The molecule has 4 aromatic rings. The van der Waals surface area contributed by atoms with Crippen LogP contribution in [0.3, 0.4) is 0 Å². The van der Waals surface area contributed by atoms with E-state index in [2.05, 4.69) is 38.8 Å². The summed E-state index contributed by atoms with van der Waals surface area (Å²) in [6, 6.07) is 10.4. The van der Waals surface area contributed by atoms with Crippen molar-refractivity contribution in [3.63, 3.8) is 0 Å². The van der Waals surface area contributed by atoms with Gasteiger partial charge in [-0.25, -0.2) is 9.78 Å². The van der Waals surface area contributed by atoms with Crippen molar-refractivity contribution in [3.05, 3.63) is 74.6 Å². The molecule has 0 spiro atoms. The topological polar surface area (TPSA) is 124 Å². The van der Waals surface area contributed by atoms with Crippen molar-refractivity contribution in [3.8, 4) is 17.4 Å². The van der Waals surface area contributed by atoms with Crippen LogP contribution in [0, 0.1) is 0 Å². The van der Waals surface area contributed by atoms with E-state index in [1.54, 1.807) is 10.8 Å². The molecule has 5 heterocycles. The Morgan fingerprint density at radius 1 is 1.14 bits per heavy atom. The first kappa shape index (κ1) is 29.0. The molecule has 0 amide bonds. The first-order valence-corrected chi connectivity index (χ1v) is 14.6. The number of likely N-dealkylation sites (N-methyl/N-ethyl adjacent to an activating group) is 1. The molecule has 0 aliphatic carbocycles. The molecule has 3 aromatic heterocycles. The van der Waals surface area contributed by atoms with Gasteiger partial charge < -0.3 is 34.2 Å². The lowest BCUT2D eigenvalue weighted by atomic mass is 10.1. The van der Waals surface area contributed by atoms with Crippen LogP contribution in [0.25, 0.3) is 16.6 Å². The van der Waals surface area contributed by atoms with Crippen LogP contribution in [0.2, 0.25) is 10.0 Å². The Hall–Kier alpha value is -4.06. The van der Waals surface area contributed by atoms with Gasteiger partial charge in [0.2, 0.25) is 17.2 Å². The summed E-state index contributed by atoms with van der Waals surface area (Å²) in [5.41, 5.74) is 0.828. The zero-order chi connectivity index (χ0) is 30.4. The maximum Gasteiger partial charge on any atom is 0.341 e. The predicted molar refractivity (Wildman–Crippen MR) is 166 cm³/mol. The van der Waals surface area contributed by atoms with Crippen molar-refractivity contribution in [1.82, 2.24) is 19.4 Å². The molecule has 13 heteroatoms. The zero-order valence-corrected chi connectivity index (χ0v) is 25.1. The van der Waals surface area contributed by atoms with E-state index in [0.717, 1.165) is 31.7 Å². The molecule has 0 bridgehead atoms. The normalized spacial score (nSPS) is 17.1. The molecular weight excluding hydrogens is 595 g/mol. The smallest absolute Gasteiger partial charge is 0.341 e. The minimum Gasteiger partial charge on any atom is -0.493 e. The number of rotatable bonds is 8. The molecule has 1 atom stereocenters. The Morgan fingerprint density at radius 3 is 2.63 bits per heavy atom. The Morgan fingerprint density at radius 2 is 1.93 bits per heavy atom. The van der Waals surface area contributed by atoms with Gasteiger partial charge in [-0.15, -0.1) is 0 Å². The van der Waals surface area contributed by atoms with Gasteiger partial charge in [-0.3, -0.25) is 4.79 Å². The first-order chi connectivity index (χ1) is 20.6. The largest absolute Gasteiger partial charge is 0.493 e. The van der Waals surface area contributed by atoms with E-state index in [9.17, 15) is 19.8 Å². The maximum absolute atomic E-state index is 13.2. The second-order valence-electron chi connectivity index (χ2n) is 11.0. The number of hydrogen-bond donors (Lipinski definition) is 2. The number of aromatic hydroxyl groups is 1. The number of pyridine rings is 3. The standard InChI is InChI=1S/C30H30Cl2N6O5/c1-35(2)19-13-36(14-19)26-7-5-17(12-33-26)38-15-21(30(41)42)28(40)20-10-23(32)25(11-24(20)38)37-9-3-4-18(37)16-43-29-22(31)6-8-27(39)34-29/h5-8,10-12,15,18-19H,3-4,9,13-14,16H2,1-2H3,(H,34,39)(H,41,42)/t18-/m1/s1. The highest BCUT2D eigenvalue weighted by molar-refractivity contribution is 6.34. The number of ether oxygens (including phenoxy) is 1. The molecule has 43 heavy (non-hydrogen) atoms. The monoisotopic (exact) mass is 624 g/mol. The molecule has 2 fully saturated rings. The Bertz CT molecular complexity index is 1760. The van der Waals surface area contributed by atoms with Gasteiger partial charge >= 0.3 is 5.97 Å². The molecule has 11 nitrogen and oxygen atoms in total. The lowest BCUT2D eigenvalue weighted by molar-refractivity contribution is 0.0695.